The standard InChI is InChI=1S/C59H111NO5/c1-4-7-10-13-16-19-22-25-28-29-31-32-35-38-41-44-47-50-55(65-59(64)52-49-46-43-40-37-34-27-24-21-18-15-12-9-6-3)53-58(63)60-56(54-61)57(62)51-48-45-42-39-36-33-30-26-23-20-17-14-11-8-5-2/h9,12,18,21,27,34,55-57,61-62H,4-8,10-11,13-17,19-20,22-26,28-33,35-54H2,1-3H3,(H,60,63)/b12-9+,21-18+,34-27+. The van der Waals surface area contributed by atoms with E-state index in [0.29, 0.717) is 19.3 Å². The Balaban J connectivity index is 4.55. The average Bonchev–Trinajstić information content (AvgIpc) is 3.30. The van der Waals surface area contributed by atoms with Crippen molar-refractivity contribution in [2.75, 3.05) is 6.61 Å². The molecule has 0 aromatic heterocycles. The zero-order valence-electron chi connectivity index (χ0n) is 43.6. The summed E-state index contributed by atoms with van der Waals surface area (Å²) < 4.78 is 5.95. The van der Waals surface area contributed by atoms with E-state index in [1.165, 1.54) is 180 Å². The van der Waals surface area contributed by atoms with Crippen molar-refractivity contribution in [2.45, 2.75) is 322 Å². The molecule has 1 amide bonds. The number of amides is 1. The van der Waals surface area contributed by atoms with Gasteiger partial charge in [0.15, 0.2) is 0 Å². The lowest BCUT2D eigenvalue weighted by Gasteiger charge is -2.24. The summed E-state index contributed by atoms with van der Waals surface area (Å²) in [7, 11) is 0. The predicted octanol–water partition coefficient (Wildman–Crippen LogP) is 17.6. The summed E-state index contributed by atoms with van der Waals surface area (Å²) in [6, 6.07) is -0.704. The molecule has 3 unspecified atom stereocenters. The number of nitrogens with one attached hydrogen (secondary N) is 1. The minimum Gasteiger partial charge on any atom is -0.462 e. The highest BCUT2D eigenvalue weighted by Crippen LogP contribution is 2.19. The normalized spacial score (nSPS) is 13.4. The first-order valence-electron chi connectivity index (χ1n) is 28.7. The van der Waals surface area contributed by atoms with Crippen LogP contribution in [0.15, 0.2) is 36.5 Å². The highest BCUT2D eigenvalue weighted by Gasteiger charge is 2.24. The highest BCUT2D eigenvalue weighted by atomic mass is 16.5. The van der Waals surface area contributed by atoms with Gasteiger partial charge in [0, 0.05) is 6.42 Å². The third-order valence-corrected chi connectivity index (χ3v) is 13.2. The summed E-state index contributed by atoms with van der Waals surface area (Å²) in [6.45, 7) is 6.41. The number of ether oxygens (including phenoxy) is 1. The molecule has 0 aliphatic carbocycles. The summed E-state index contributed by atoms with van der Waals surface area (Å²) in [4.78, 5) is 26.3. The lowest BCUT2D eigenvalue weighted by molar-refractivity contribution is -0.151. The molecule has 0 aliphatic rings. The van der Waals surface area contributed by atoms with Gasteiger partial charge in [-0.15, -0.1) is 0 Å². The Morgan fingerprint density at radius 2 is 0.831 bits per heavy atom. The fourth-order valence-corrected chi connectivity index (χ4v) is 8.92. The summed E-state index contributed by atoms with van der Waals surface area (Å²) in [6.07, 6.45) is 63.5. The van der Waals surface area contributed by atoms with Gasteiger partial charge in [0.2, 0.25) is 5.91 Å². The number of allylic oxidation sites excluding steroid dienone is 6. The Hall–Kier alpha value is -1.92. The van der Waals surface area contributed by atoms with Crippen LogP contribution in [-0.2, 0) is 14.3 Å². The fourth-order valence-electron chi connectivity index (χ4n) is 8.92. The van der Waals surface area contributed by atoms with Crippen molar-refractivity contribution in [1.82, 2.24) is 5.32 Å². The smallest absolute Gasteiger partial charge is 0.306 e. The molecule has 382 valence electrons. The van der Waals surface area contributed by atoms with Crippen molar-refractivity contribution in [2.24, 2.45) is 0 Å². The molecule has 6 nitrogen and oxygen atoms in total. The van der Waals surface area contributed by atoms with E-state index < -0.39 is 18.2 Å². The van der Waals surface area contributed by atoms with Gasteiger partial charge in [0.1, 0.15) is 6.10 Å². The summed E-state index contributed by atoms with van der Waals surface area (Å²) in [5, 5.41) is 23.9. The number of rotatable bonds is 52. The molecule has 0 aliphatic heterocycles. The summed E-state index contributed by atoms with van der Waals surface area (Å²) in [5.41, 5.74) is 0. The Morgan fingerprint density at radius 1 is 0.462 bits per heavy atom. The number of carbonyl (C=O) groups excluding carboxylic acids is 2. The van der Waals surface area contributed by atoms with E-state index in [4.69, 9.17) is 4.74 Å². The van der Waals surface area contributed by atoms with Crippen LogP contribution in [0.4, 0.5) is 0 Å². The second-order valence-electron chi connectivity index (χ2n) is 19.7. The molecule has 0 aromatic carbocycles. The summed E-state index contributed by atoms with van der Waals surface area (Å²) in [5.74, 6) is -0.483. The molecule has 0 radical (unpaired) electrons. The molecule has 0 heterocycles. The first-order valence-corrected chi connectivity index (χ1v) is 28.7. The molecule has 0 saturated heterocycles. The van der Waals surface area contributed by atoms with E-state index in [-0.39, 0.29) is 24.9 Å². The molecule has 0 bridgehead atoms. The molecule has 0 fully saturated rings. The highest BCUT2D eigenvalue weighted by molar-refractivity contribution is 5.77. The molecule has 3 N–H and O–H groups in total. The number of aliphatic hydroxyl groups is 2. The van der Waals surface area contributed by atoms with Gasteiger partial charge in [0.25, 0.3) is 0 Å². The topological polar surface area (TPSA) is 95.9 Å². The van der Waals surface area contributed by atoms with Crippen molar-refractivity contribution in [3.8, 4) is 0 Å². The Bertz CT molecular complexity index is 1070. The van der Waals surface area contributed by atoms with Crippen LogP contribution in [-0.4, -0.2) is 46.9 Å². The van der Waals surface area contributed by atoms with Crippen molar-refractivity contribution >= 4 is 11.9 Å². The maximum atomic E-state index is 13.3. The fraction of sp³-hybridized carbons (Fsp3) is 0.864. The molecule has 3 atom stereocenters. The molecule has 6 heteroatoms. The van der Waals surface area contributed by atoms with Gasteiger partial charge in [-0.05, 0) is 57.8 Å². The maximum Gasteiger partial charge on any atom is 0.306 e. The van der Waals surface area contributed by atoms with Crippen LogP contribution >= 0.6 is 0 Å². The number of esters is 1. The number of aliphatic hydroxyl groups excluding tert-OH is 2. The Labute approximate surface area is 404 Å². The molecular weight excluding hydrogens is 803 g/mol. The van der Waals surface area contributed by atoms with E-state index in [0.717, 1.165) is 77.0 Å². The van der Waals surface area contributed by atoms with Crippen LogP contribution in [0.2, 0.25) is 0 Å². The van der Waals surface area contributed by atoms with Gasteiger partial charge in [-0.1, -0.05) is 269 Å². The van der Waals surface area contributed by atoms with Crippen LogP contribution in [0.5, 0.6) is 0 Å². The molecule has 0 aromatic rings. The third-order valence-electron chi connectivity index (χ3n) is 13.2. The molecule has 65 heavy (non-hydrogen) atoms. The van der Waals surface area contributed by atoms with Crippen molar-refractivity contribution in [1.29, 1.82) is 0 Å². The summed E-state index contributed by atoms with van der Waals surface area (Å²) >= 11 is 0. The van der Waals surface area contributed by atoms with Crippen LogP contribution < -0.4 is 5.32 Å². The minimum atomic E-state index is -0.790. The molecular formula is C59H111NO5. The Morgan fingerprint density at radius 3 is 1.26 bits per heavy atom. The van der Waals surface area contributed by atoms with E-state index in [1.807, 2.05) is 0 Å². The van der Waals surface area contributed by atoms with Gasteiger partial charge in [0.05, 0.1) is 25.2 Å². The van der Waals surface area contributed by atoms with E-state index >= 15 is 0 Å². The van der Waals surface area contributed by atoms with Gasteiger partial charge in [-0.25, -0.2) is 0 Å². The second-order valence-corrected chi connectivity index (χ2v) is 19.7. The molecule has 0 spiro atoms. The van der Waals surface area contributed by atoms with Gasteiger partial charge in [-0.3, -0.25) is 9.59 Å². The zero-order valence-corrected chi connectivity index (χ0v) is 43.6. The average molecular weight is 915 g/mol. The van der Waals surface area contributed by atoms with Gasteiger partial charge in [-0.2, -0.15) is 0 Å². The largest absolute Gasteiger partial charge is 0.462 e. The monoisotopic (exact) mass is 914 g/mol. The SMILES string of the molecule is CC/C=C/C/C=C/C/C=C/CCCCCCC(=O)OC(CCCCCCCCCCCCCCCCCCC)CC(=O)NC(CO)C(O)CCCCCCCCCCCCCCCCC. The van der Waals surface area contributed by atoms with Gasteiger partial charge < -0.3 is 20.3 Å². The lowest BCUT2D eigenvalue weighted by atomic mass is 10.0. The second kappa shape index (κ2) is 53.0. The van der Waals surface area contributed by atoms with Crippen LogP contribution in [0, 0.1) is 0 Å². The Kier molecular flexibility index (Phi) is 51.5. The number of hydrogen-bond acceptors (Lipinski definition) is 5. The van der Waals surface area contributed by atoms with E-state index in [9.17, 15) is 19.8 Å². The van der Waals surface area contributed by atoms with E-state index in [1.54, 1.807) is 0 Å². The minimum absolute atomic E-state index is 0.0732. The molecule has 0 rings (SSSR count). The lowest BCUT2D eigenvalue weighted by Crippen LogP contribution is -2.46. The number of unbranched alkanes of at least 4 members (excludes halogenated alkanes) is 34. The van der Waals surface area contributed by atoms with Gasteiger partial charge >= 0.3 is 5.97 Å². The van der Waals surface area contributed by atoms with Crippen molar-refractivity contribution < 1.29 is 24.5 Å². The predicted molar refractivity (Wildman–Crippen MR) is 282 cm³/mol. The molecule has 0 saturated carbocycles. The number of hydrogen-bond donors (Lipinski definition) is 3. The first kappa shape index (κ1) is 63.1. The first-order chi connectivity index (χ1) is 32.0. The van der Waals surface area contributed by atoms with Crippen molar-refractivity contribution in [3.63, 3.8) is 0 Å². The maximum absolute atomic E-state index is 13.3. The number of carbonyl (C=O) groups is 2. The van der Waals surface area contributed by atoms with Crippen molar-refractivity contribution in [3.05, 3.63) is 36.5 Å². The zero-order chi connectivity index (χ0) is 47.4. The van der Waals surface area contributed by atoms with E-state index in [2.05, 4.69) is 62.5 Å². The van der Waals surface area contributed by atoms with Crippen LogP contribution in [0.25, 0.3) is 0 Å². The van der Waals surface area contributed by atoms with Crippen LogP contribution in [0.1, 0.15) is 303 Å². The van der Waals surface area contributed by atoms with Crippen LogP contribution in [0.3, 0.4) is 0 Å². The third kappa shape index (κ3) is 48.3. The quantitative estimate of drug-likeness (QED) is 0.0321.